The third kappa shape index (κ3) is 4.97. The van der Waals surface area contributed by atoms with Gasteiger partial charge < -0.3 is 5.32 Å². The van der Waals surface area contributed by atoms with Gasteiger partial charge in [-0.2, -0.15) is 0 Å². The van der Waals surface area contributed by atoms with Crippen molar-refractivity contribution in [2.75, 3.05) is 7.05 Å². The standard InChI is InChI=1S/C19H22N4OS2/c1-13-4-6-15(7-5-13)10-20-18(24)19-22-21-17(26-19)12-23(3)11-16-14(2)8-9-25-16/h4-9H,10-12H2,1-3H3,(H,20,24). The van der Waals surface area contributed by atoms with E-state index in [1.807, 2.05) is 31.2 Å². The summed E-state index contributed by atoms with van der Waals surface area (Å²) in [5.74, 6) is -0.175. The first kappa shape index (κ1) is 18.7. The van der Waals surface area contributed by atoms with Gasteiger partial charge in [0.15, 0.2) is 0 Å². The van der Waals surface area contributed by atoms with Gasteiger partial charge in [0, 0.05) is 18.0 Å². The van der Waals surface area contributed by atoms with Crippen LogP contribution in [0.15, 0.2) is 35.7 Å². The fourth-order valence-electron chi connectivity index (χ4n) is 2.47. The monoisotopic (exact) mass is 386 g/mol. The summed E-state index contributed by atoms with van der Waals surface area (Å²) in [7, 11) is 2.05. The van der Waals surface area contributed by atoms with E-state index in [2.05, 4.69) is 45.8 Å². The normalized spacial score (nSPS) is 11.1. The molecule has 3 rings (SSSR count). The summed E-state index contributed by atoms with van der Waals surface area (Å²) in [6.45, 7) is 6.22. The molecule has 5 nitrogen and oxygen atoms in total. The lowest BCUT2D eigenvalue weighted by molar-refractivity contribution is 0.0950. The zero-order chi connectivity index (χ0) is 18.5. The van der Waals surface area contributed by atoms with Crippen molar-refractivity contribution in [3.8, 4) is 0 Å². The van der Waals surface area contributed by atoms with Gasteiger partial charge in [0.1, 0.15) is 5.01 Å². The summed E-state index contributed by atoms with van der Waals surface area (Å²) in [6.07, 6.45) is 0. The van der Waals surface area contributed by atoms with Crippen LogP contribution in [0.5, 0.6) is 0 Å². The predicted octanol–water partition coefficient (Wildman–Crippen LogP) is 3.78. The first-order valence-corrected chi connectivity index (χ1v) is 10.1. The SMILES string of the molecule is Cc1ccc(CNC(=O)c2nnc(CN(C)Cc3sccc3C)s2)cc1. The molecule has 0 fully saturated rings. The molecule has 0 atom stereocenters. The largest absolute Gasteiger partial charge is 0.346 e. The van der Waals surface area contributed by atoms with Crippen LogP contribution in [0.2, 0.25) is 0 Å². The van der Waals surface area contributed by atoms with Gasteiger partial charge in [-0.05, 0) is 43.5 Å². The molecule has 0 aliphatic heterocycles. The molecule has 0 radical (unpaired) electrons. The van der Waals surface area contributed by atoms with E-state index in [0.29, 0.717) is 18.1 Å². The number of thiophene rings is 1. The minimum Gasteiger partial charge on any atom is -0.346 e. The Balaban J connectivity index is 1.52. The highest BCUT2D eigenvalue weighted by atomic mass is 32.1. The van der Waals surface area contributed by atoms with Gasteiger partial charge in [-0.25, -0.2) is 0 Å². The van der Waals surface area contributed by atoms with Crippen LogP contribution >= 0.6 is 22.7 Å². The van der Waals surface area contributed by atoms with Gasteiger partial charge in [0.05, 0.1) is 6.54 Å². The van der Waals surface area contributed by atoms with Gasteiger partial charge in [-0.3, -0.25) is 9.69 Å². The van der Waals surface area contributed by atoms with Crippen LogP contribution in [-0.2, 0) is 19.6 Å². The smallest absolute Gasteiger partial charge is 0.282 e. The first-order valence-electron chi connectivity index (χ1n) is 8.39. The molecule has 0 unspecified atom stereocenters. The van der Waals surface area contributed by atoms with E-state index in [1.165, 1.54) is 27.3 Å². The van der Waals surface area contributed by atoms with E-state index in [-0.39, 0.29) is 5.91 Å². The van der Waals surface area contributed by atoms with Crippen molar-refractivity contribution in [3.63, 3.8) is 0 Å². The van der Waals surface area contributed by atoms with Crippen molar-refractivity contribution < 1.29 is 4.79 Å². The Morgan fingerprint density at radius 2 is 1.88 bits per heavy atom. The second-order valence-corrected chi connectivity index (χ2v) is 8.43. The van der Waals surface area contributed by atoms with Gasteiger partial charge in [0.2, 0.25) is 5.01 Å². The lowest BCUT2D eigenvalue weighted by Crippen LogP contribution is -2.22. The molecule has 0 spiro atoms. The zero-order valence-corrected chi connectivity index (χ0v) is 16.8. The van der Waals surface area contributed by atoms with E-state index in [0.717, 1.165) is 17.1 Å². The van der Waals surface area contributed by atoms with Crippen LogP contribution in [0, 0.1) is 13.8 Å². The molecule has 0 saturated heterocycles. The Morgan fingerprint density at radius 3 is 2.58 bits per heavy atom. The maximum absolute atomic E-state index is 12.3. The van der Waals surface area contributed by atoms with Crippen molar-refractivity contribution in [1.29, 1.82) is 0 Å². The number of benzene rings is 1. The number of hydrogen-bond acceptors (Lipinski definition) is 6. The number of amides is 1. The topological polar surface area (TPSA) is 58.1 Å². The number of nitrogens with one attached hydrogen (secondary N) is 1. The van der Waals surface area contributed by atoms with E-state index in [1.54, 1.807) is 11.3 Å². The molecule has 0 aliphatic rings. The summed E-state index contributed by atoms with van der Waals surface area (Å²) in [5.41, 5.74) is 3.59. The van der Waals surface area contributed by atoms with Gasteiger partial charge in [0.25, 0.3) is 5.91 Å². The maximum Gasteiger partial charge on any atom is 0.282 e. The molecule has 0 saturated carbocycles. The molecule has 3 aromatic rings. The van der Waals surface area contributed by atoms with E-state index < -0.39 is 0 Å². The van der Waals surface area contributed by atoms with Crippen LogP contribution in [-0.4, -0.2) is 28.1 Å². The number of carbonyl (C=O) groups excluding carboxylic acids is 1. The zero-order valence-electron chi connectivity index (χ0n) is 15.2. The molecular weight excluding hydrogens is 364 g/mol. The number of aromatic nitrogens is 2. The molecule has 1 N–H and O–H groups in total. The Hall–Kier alpha value is -2.09. The van der Waals surface area contributed by atoms with Crippen LogP contribution in [0.4, 0.5) is 0 Å². The van der Waals surface area contributed by atoms with Crippen molar-refractivity contribution in [3.05, 3.63) is 67.3 Å². The van der Waals surface area contributed by atoms with Crippen molar-refractivity contribution >= 4 is 28.6 Å². The van der Waals surface area contributed by atoms with Gasteiger partial charge in [-0.1, -0.05) is 41.2 Å². The Kier molecular flexibility index (Phi) is 6.13. The maximum atomic E-state index is 12.3. The highest BCUT2D eigenvalue weighted by molar-refractivity contribution is 7.13. The Bertz CT molecular complexity index is 870. The Morgan fingerprint density at radius 1 is 1.12 bits per heavy atom. The second-order valence-electron chi connectivity index (χ2n) is 6.37. The molecule has 1 amide bonds. The number of rotatable bonds is 7. The van der Waals surface area contributed by atoms with Crippen LogP contribution in [0.25, 0.3) is 0 Å². The highest BCUT2D eigenvalue weighted by Gasteiger charge is 2.14. The van der Waals surface area contributed by atoms with Crippen molar-refractivity contribution in [1.82, 2.24) is 20.4 Å². The molecule has 7 heteroatoms. The van der Waals surface area contributed by atoms with Crippen molar-refractivity contribution in [2.45, 2.75) is 33.5 Å². The molecular formula is C19H22N4OS2. The Labute approximate surface area is 161 Å². The number of nitrogens with zero attached hydrogens (tertiary/aromatic N) is 3. The lowest BCUT2D eigenvalue weighted by atomic mass is 10.1. The van der Waals surface area contributed by atoms with E-state index in [9.17, 15) is 4.79 Å². The molecule has 26 heavy (non-hydrogen) atoms. The second kappa shape index (κ2) is 8.53. The highest BCUT2D eigenvalue weighted by Crippen LogP contribution is 2.19. The summed E-state index contributed by atoms with van der Waals surface area (Å²) in [5, 5.41) is 14.5. The fourth-order valence-corrected chi connectivity index (χ4v) is 4.29. The van der Waals surface area contributed by atoms with Gasteiger partial charge >= 0.3 is 0 Å². The quantitative estimate of drug-likeness (QED) is 0.671. The van der Waals surface area contributed by atoms with Crippen LogP contribution in [0.3, 0.4) is 0 Å². The van der Waals surface area contributed by atoms with E-state index >= 15 is 0 Å². The lowest BCUT2D eigenvalue weighted by Gasteiger charge is -2.13. The molecule has 1 aromatic carbocycles. The number of hydrogen-bond donors (Lipinski definition) is 1. The average molecular weight is 387 g/mol. The third-order valence-electron chi connectivity index (χ3n) is 4.02. The minimum atomic E-state index is -0.175. The van der Waals surface area contributed by atoms with Crippen molar-refractivity contribution in [2.24, 2.45) is 0 Å². The van der Waals surface area contributed by atoms with E-state index in [4.69, 9.17) is 0 Å². The molecule has 0 bridgehead atoms. The molecule has 2 aromatic heterocycles. The summed E-state index contributed by atoms with van der Waals surface area (Å²) >= 11 is 3.12. The number of aryl methyl sites for hydroxylation is 2. The van der Waals surface area contributed by atoms with Crippen LogP contribution < -0.4 is 5.32 Å². The third-order valence-corrected chi connectivity index (χ3v) is 5.94. The summed E-state index contributed by atoms with van der Waals surface area (Å²) in [6, 6.07) is 10.2. The van der Waals surface area contributed by atoms with Gasteiger partial charge in [-0.15, -0.1) is 21.5 Å². The minimum absolute atomic E-state index is 0.175. The predicted molar refractivity (Wildman–Crippen MR) is 106 cm³/mol. The number of carbonyl (C=O) groups is 1. The molecule has 2 heterocycles. The van der Waals surface area contributed by atoms with Crippen LogP contribution in [0.1, 0.15) is 36.4 Å². The summed E-state index contributed by atoms with van der Waals surface area (Å²) < 4.78 is 0. The fraction of sp³-hybridized carbons (Fsp3) is 0.316. The average Bonchev–Trinajstić information content (AvgIpc) is 3.24. The summed E-state index contributed by atoms with van der Waals surface area (Å²) in [4.78, 5) is 15.8. The molecule has 136 valence electrons. The first-order chi connectivity index (χ1) is 12.5. The molecule has 0 aliphatic carbocycles.